The molecule has 5 heteroatoms. The van der Waals surface area contributed by atoms with E-state index in [1.165, 1.54) is 24.1 Å². The van der Waals surface area contributed by atoms with E-state index in [4.69, 9.17) is 4.74 Å². The Balaban J connectivity index is 2.54. The number of rotatable bonds is 2. The van der Waals surface area contributed by atoms with Gasteiger partial charge in [0.1, 0.15) is 12.1 Å². The molecule has 0 N–H and O–H groups in total. The normalized spacial score (nSPS) is 9.93. The van der Waals surface area contributed by atoms with Crippen LogP contribution in [-0.4, -0.2) is 21.6 Å². The topological polar surface area (TPSA) is 57.0 Å². The maximum Gasteiger partial charge on any atom is 0.256 e. The van der Waals surface area contributed by atoms with Crippen LogP contribution in [-0.2, 0) is 0 Å². The van der Waals surface area contributed by atoms with Crippen LogP contribution in [0.15, 0.2) is 41.6 Å². The molecule has 0 aliphatic rings. The van der Waals surface area contributed by atoms with Crippen molar-refractivity contribution in [1.29, 1.82) is 0 Å². The molecule has 0 atom stereocenters. The van der Waals surface area contributed by atoms with Crippen LogP contribution in [0.3, 0.4) is 0 Å². The van der Waals surface area contributed by atoms with Gasteiger partial charge in [0.25, 0.3) is 5.56 Å². The highest BCUT2D eigenvalue weighted by Crippen LogP contribution is 2.07. The van der Waals surface area contributed by atoms with Crippen molar-refractivity contribution < 1.29 is 4.74 Å². The van der Waals surface area contributed by atoms with Gasteiger partial charge in [-0.15, -0.1) is 0 Å². The largest absolute Gasteiger partial charge is 0.481 e. The molecule has 0 amide bonds. The van der Waals surface area contributed by atoms with Crippen molar-refractivity contribution in [2.75, 3.05) is 7.11 Å². The maximum atomic E-state index is 11.5. The Morgan fingerprint density at radius 2 is 2.20 bits per heavy atom. The van der Waals surface area contributed by atoms with Crippen molar-refractivity contribution in [3.8, 4) is 11.7 Å². The average Bonchev–Trinajstić information content (AvgIpc) is 2.30. The Kier molecular flexibility index (Phi) is 2.45. The fourth-order valence-electron chi connectivity index (χ4n) is 1.19. The summed E-state index contributed by atoms with van der Waals surface area (Å²) in [5, 5.41) is 0. The Morgan fingerprint density at radius 3 is 2.93 bits per heavy atom. The number of ether oxygens (including phenoxy) is 1. The molecule has 15 heavy (non-hydrogen) atoms. The third-order valence-electron chi connectivity index (χ3n) is 1.91. The Bertz CT molecular complexity index is 522. The van der Waals surface area contributed by atoms with Gasteiger partial charge < -0.3 is 4.74 Å². The van der Waals surface area contributed by atoms with Crippen molar-refractivity contribution >= 4 is 0 Å². The summed E-state index contributed by atoms with van der Waals surface area (Å²) >= 11 is 0. The minimum atomic E-state index is -0.141. The summed E-state index contributed by atoms with van der Waals surface area (Å²) in [5.74, 6) is 0.920. The van der Waals surface area contributed by atoms with Crippen LogP contribution in [0.5, 0.6) is 5.88 Å². The van der Waals surface area contributed by atoms with Crippen LogP contribution in [0, 0.1) is 0 Å². The molecule has 0 spiro atoms. The Hall–Kier alpha value is -2.17. The Morgan fingerprint density at radius 1 is 1.33 bits per heavy atom. The predicted molar refractivity (Wildman–Crippen MR) is 54.2 cm³/mol. The van der Waals surface area contributed by atoms with Gasteiger partial charge in [-0.2, -0.15) is 0 Å². The zero-order chi connectivity index (χ0) is 10.7. The molecular weight excluding hydrogens is 194 g/mol. The smallest absolute Gasteiger partial charge is 0.256 e. The third-order valence-corrected chi connectivity index (χ3v) is 1.91. The lowest BCUT2D eigenvalue weighted by Crippen LogP contribution is -2.16. The van der Waals surface area contributed by atoms with Gasteiger partial charge in [-0.05, 0) is 6.07 Å². The lowest BCUT2D eigenvalue weighted by atomic mass is 10.4. The van der Waals surface area contributed by atoms with Gasteiger partial charge in [0.15, 0.2) is 0 Å². The molecule has 0 radical (unpaired) electrons. The molecular formula is C10H9N3O2. The molecule has 0 aliphatic carbocycles. The van der Waals surface area contributed by atoms with Gasteiger partial charge in [-0.3, -0.25) is 9.36 Å². The summed E-state index contributed by atoms with van der Waals surface area (Å²) in [6, 6.07) is 6.50. The quantitative estimate of drug-likeness (QED) is 0.718. The van der Waals surface area contributed by atoms with Crippen LogP contribution < -0.4 is 10.3 Å². The maximum absolute atomic E-state index is 11.5. The van der Waals surface area contributed by atoms with E-state index in [9.17, 15) is 4.79 Å². The van der Waals surface area contributed by atoms with Gasteiger partial charge in [0.05, 0.1) is 7.11 Å². The van der Waals surface area contributed by atoms with Crippen LogP contribution in [0.25, 0.3) is 5.82 Å². The lowest BCUT2D eigenvalue weighted by Gasteiger charge is -2.04. The van der Waals surface area contributed by atoms with Gasteiger partial charge in [-0.1, -0.05) is 6.07 Å². The molecule has 0 bridgehead atoms. The van der Waals surface area contributed by atoms with E-state index >= 15 is 0 Å². The molecule has 2 rings (SSSR count). The lowest BCUT2D eigenvalue weighted by molar-refractivity contribution is 0.396. The van der Waals surface area contributed by atoms with E-state index < -0.39 is 0 Å². The molecule has 0 saturated carbocycles. The van der Waals surface area contributed by atoms with Crippen molar-refractivity contribution in [2.24, 2.45) is 0 Å². The van der Waals surface area contributed by atoms with Crippen molar-refractivity contribution in [3.05, 3.63) is 47.1 Å². The van der Waals surface area contributed by atoms with E-state index in [0.717, 1.165) is 0 Å². The third kappa shape index (κ3) is 1.85. The molecule has 0 aromatic carbocycles. The first-order chi connectivity index (χ1) is 7.31. The number of hydrogen-bond donors (Lipinski definition) is 0. The summed E-state index contributed by atoms with van der Waals surface area (Å²) < 4.78 is 6.37. The van der Waals surface area contributed by atoms with E-state index in [0.29, 0.717) is 11.7 Å². The first-order valence-corrected chi connectivity index (χ1v) is 4.35. The molecule has 0 unspecified atom stereocenters. The highest BCUT2D eigenvalue weighted by atomic mass is 16.5. The summed E-state index contributed by atoms with van der Waals surface area (Å²) in [6.07, 6.45) is 3.00. The first kappa shape index (κ1) is 9.39. The number of nitrogens with zero attached hydrogens (tertiary/aromatic N) is 3. The van der Waals surface area contributed by atoms with Gasteiger partial charge in [0.2, 0.25) is 5.88 Å². The molecule has 2 heterocycles. The van der Waals surface area contributed by atoms with Crippen molar-refractivity contribution in [1.82, 2.24) is 14.5 Å². The molecule has 0 saturated heterocycles. The standard InChI is InChI=1S/C10H9N3O2/c1-15-9-6-8(11-7-12-9)13-5-3-2-4-10(13)14/h2-7H,1H3. The highest BCUT2D eigenvalue weighted by Gasteiger charge is 2.01. The zero-order valence-electron chi connectivity index (χ0n) is 8.12. The monoisotopic (exact) mass is 203 g/mol. The van der Waals surface area contributed by atoms with Gasteiger partial charge in [-0.25, -0.2) is 9.97 Å². The fourth-order valence-corrected chi connectivity index (χ4v) is 1.19. The fraction of sp³-hybridized carbons (Fsp3) is 0.100. The number of methoxy groups -OCH3 is 1. The number of pyridine rings is 1. The first-order valence-electron chi connectivity index (χ1n) is 4.35. The summed E-state index contributed by atoms with van der Waals surface area (Å²) in [7, 11) is 1.51. The van der Waals surface area contributed by atoms with E-state index in [-0.39, 0.29) is 5.56 Å². The average molecular weight is 203 g/mol. The number of hydrogen-bond acceptors (Lipinski definition) is 4. The van der Waals surface area contributed by atoms with Crippen molar-refractivity contribution in [2.45, 2.75) is 0 Å². The molecule has 5 nitrogen and oxygen atoms in total. The van der Waals surface area contributed by atoms with Gasteiger partial charge in [0, 0.05) is 18.3 Å². The number of aromatic nitrogens is 3. The minimum Gasteiger partial charge on any atom is -0.481 e. The molecule has 2 aromatic rings. The highest BCUT2D eigenvalue weighted by molar-refractivity contribution is 5.27. The Labute approximate surface area is 86.0 Å². The molecule has 0 fully saturated rings. The van der Waals surface area contributed by atoms with Crippen LogP contribution >= 0.6 is 0 Å². The van der Waals surface area contributed by atoms with Gasteiger partial charge >= 0.3 is 0 Å². The second kappa shape index (κ2) is 3.91. The summed E-state index contributed by atoms with van der Waals surface area (Å²) in [4.78, 5) is 19.3. The van der Waals surface area contributed by atoms with Crippen molar-refractivity contribution in [3.63, 3.8) is 0 Å². The van der Waals surface area contributed by atoms with Crippen LogP contribution in [0.1, 0.15) is 0 Å². The van der Waals surface area contributed by atoms with Crippen LogP contribution in [0.4, 0.5) is 0 Å². The van der Waals surface area contributed by atoms with E-state index in [1.807, 2.05) is 0 Å². The SMILES string of the molecule is COc1cc(-n2ccccc2=O)ncn1. The van der Waals surface area contributed by atoms with E-state index in [2.05, 4.69) is 9.97 Å². The minimum absolute atomic E-state index is 0.141. The zero-order valence-corrected chi connectivity index (χ0v) is 8.12. The molecule has 76 valence electrons. The second-order valence-corrected chi connectivity index (χ2v) is 2.83. The van der Waals surface area contributed by atoms with E-state index in [1.54, 1.807) is 24.4 Å². The van der Waals surface area contributed by atoms with Crippen LogP contribution in [0.2, 0.25) is 0 Å². The predicted octanol–water partition coefficient (Wildman–Crippen LogP) is 0.636. The summed E-state index contributed by atoms with van der Waals surface area (Å²) in [6.45, 7) is 0. The molecule has 0 aliphatic heterocycles. The molecule has 2 aromatic heterocycles. The second-order valence-electron chi connectivity index (χ2n) is 2.83. The summed E-state index contributed by atoms with van der Waals surface area (Å²) in [5.41, 5.74) is -0.141.